The molecule has 0 aliphatic carbocycles. The molecule has 1 aliphatic rings. The lowest BCUT2D eigenvalue weighted by molar-refractivity contribution is 0.173. The molecule has 0 bridgehead atoms. The Labute approximate surface area is 92.6 Å². The molecule has 2 nitrogen and oxygen atoms in total. The molecule has 0 aromatic carbocycles. The van der Waals surface area contributed by atoms with Crippen LogP contribution >= 0.6 is 11.8 Å². The first-order valence-corrected chi connectivity index (χ1v) is 6.78. The normalized spacial score (nSPS) is 24.9. The van der Waals surface area contributed by atoms with Crippen LogP contribution in [0, 0.1) is 11.8 Å². The van der Waals surface area contributed by atoms with E-state index < -0.39 is 0 Å². The summed E-state index contributed by atoms with van der Waals surface area (Å²) in [4.78, 5) is 2.46. The van der Waals surface area contributed by atoms with Crippen LogP contribution in [0.2, 0.25) is 0 Å². The smallest absolute Gasteiger partial charge is 0.0251 e. The quantitative estimate of drug-likeness (QED) is 0.758. The fourth-order valence-corrected chi connectivity index (χ4v) is 3.63. The third-order valence-corrected chi connectivity index (χ3v) is 4.16. The molecular formula is C11H24N2S. The average molecular weight is 216 g/mol. The molecule has 1 heterocycles. The van der Waals surface area contributed by atoms with Gasteiger partial charge < -0.3 is 10.6 Å². The fraction of sp³-hybridized carbons (Fsp3) is 1.00. The van der Waals surface area contributed by atoms with Crippen LogP contribution in [0.25, 0.3) is 0 Å². The van der Waals surface area contributed by atoms with Gasteiger partial charge in [0.15, 0.2) is 0 Å². The highest BCUT2D eigenvalue weighted by Crippen LogP contribution is 2.28. The third kappa shape index (κ3) is 3.44. The summed E-state index contributed by atoms with van der Waals surface area (Å²) in [6.07, 6.45) is 1.36. The van der Waals surface area contributed by atoms with E-state index in [9.17, 15) is 0 Å². The largest absolute Gasteiger partial charge is 0.329 e. The van der Waals surface area contributed by atoms with Gasteiger partial charge in [-0.25, -0.2) is 0 Å². The fourth-order valence-electron chi connectivity index (χ4n) is 2.30. The second-order valence-electron chi connectivity index (χ2n) is 4.76. The highest BCUT2D eigenvalue weighted by atomic mass is 32.2. The van der Waals surface area contributed by atoms with Crippen LogP contribution in [0.4, 0.5) is 0 Å². The lowest BCUT2D eigenvalue weighted by atomic mass is 9.97. The van der Waals surface area contributed by atoms with Crippen molar-refractivity contribution in [3.8, 4) is 0 Å². The van der Waals surface area contributed by atoms with E-state index in [2.05, 4.69) is 37.6 Å². The maximum absolute atomic E-state index is 5.88. The highest BCUT2D eigenvalue weighted by Gasteiger charge is 2.27. The second kappa shape index (κ2) is 5.99. The molecule has 0 radical (unpaired) electrons. The van der Waals surface area contributed by atoms with Gasteiger partial charge in [-0.05, 0) is 36.8 Å². The number of thioether (sulfide) groups is 1. The standard InChI is InChI=1S/C11H24N2S/c1-9(2)7-13(3)11(6-12)10-4-5-14-8-10/h9-11H,4-8,12H2,1-3H3. The van der Waals surface area contributed by atoms with E-state index in [-0.39, 0.29) is 0 Å². The van der Waals surface area contributed by atoms with Gasteiger partial charge in [0.05, 0.1) is 0 Å². The third-order valence-electron chi connectivity index (χ3n) is 2.97. The van der Waals surface area contributed by atoms with E-state index in [0.717, 1.165) is 18.4 Å². The highest BCUT2D eigenvalue weighted by molar-refractivity contribution is 7.99. The topological polar surface area (TPSA) is 29.3 Å². The van der Waals surface area contributed by atoms with Crippen molar-refractivity contribution in [1.29, 1.82) is 0 Å². The molecule has 3 heteroatoms. The molecule has 0 saturated carbocycles. The van der Waals surface area contributed by atoms with Gasteiger partial charge in [0.25, 0.3) is 0 Å². The van der Waals surface area contributed by atoms with Gasteiger partial charge in [-0.2, -0.15) is 11.8 Å². The van der Waals surface area contributed by atoms with Gasteiger partial charge in [-0.15, -0.1) is 0 Å². The van der Waals surface area contributed by atoms with Crippen molar-refractivity contribution in [2.75, 3.05) is 31.6 Å². The zero-order valence-electron chi connectivity index (χ0n) is 9.70. The lowest BCUT2D eigenvalue weighted by Gasteiger charge is -2.32. The van der Waals surface area contributed by atoms with Gasteiger partial charge in [-0.1, -0.05) is 13.8 Å². The van der Waals surface area contributed by atoms with Crippen LogP contribution in [0.5, 0.6) is 0 Å². The van der Waals surface area contributed by atoms with Gasteiger partial charge in [-0.3, -0.25) is 0 Å². The molecule has 0 amide bonds. The molecule has 0 aromatic heterocycles. The summed E-state index contributed by atoms with van der Waals surface area (Å²) < 4.78 is 0. The minimum atomic E-state index is 0.604. The molecule has 1 aliphatic heterocycles. The summed E-state index contributed by atoms with van der Waals surface area (Å²) in [5.41, 5.74) is 5.88. The summed E-state index contributed by atoms with van der Waals surface area (Å²) in [7, 11) is 2.22. The molecule has 14 heavy (non-hydrogen) atoms. The monoisotopic (exact) mass is 216 g/mol. The maximum Gasteiger partial charge on any atom is 0.0251 e. The molecule has 1 rings (SSSR count). The van der Waals surface area contributed by atoms with E-state index in [1.807, 2.05) is 0 Å². The maximum atomic E-state index is 5.88. The zero-order valence-corrected chi connectivity index (χ0v) is 10.5. The Morgan fingerprint density at radius 1 is 1.50 bits per heavy atom. The van der Waals surface area contributed by atoms with Gasteiger partial charge in [0.1, 0.15) is 0 Å². The summed E-state index contributed by atoms with van der Waals surface area (Å²) in [5, 5.41) is 0. The van der Waals surface area contributed by atoms with Gasteiger partial charge in [0, 0.05) is 19.1 Å². The van der Waals surface area contributed by atoms with Crippen molar-refractivity contribution in [3.63, 3.8) is 0 Å². The Hall–Kier alpha value is 0.270. The number of nitrogens with zero attached hydrogens (tertiary/aromatic N) is 1. The minimum Gasteiger partial charge on any atom is -0.329 e. The lowest BCUT2D eigenvalue weighted by Crippen LogP contribution is -2.45. The van der Waals surface area contributed by atoms with Crippen LogP contribution in [0.3, 0.4) is 0 Å². The van der Waals surface area contributed by atoms with Crippen molar-refractivity contribution in [3.05, 3.63) is 0 Å². The van der Waals surface area contributed by atoms with Crippen LogP contribution in [-0.4, -0.2) is 42.6 Å². The first kappa shape index (κ1) is 12.3. The number of nitrogens with two attached hydrogens (primary N) is 1. The number of hydrogen-bond donors (Lipinski definition) is 1. The summed E-state index contributed by atoms with van der Waals surface area (Å²) in [6.45, 7) is 6.53. The summed E-state index contributed by atoms with van der Waals surface area (Å²) in [5.74, 6) is 4.21. The molecule has 2 unspecified atom stereocenters. The van der Waals surface area contributed by atoms with Crippen LogP contribution in [-0.2, 0) is 0 Å². The van der Waals surface area contributed by atoms with Crippen molar-refractivity contribution >= 4 is 11.8 Å². The predicted octanol–water partition coefficient (Wildman–Crippen LogP) is 1.65. The number of likely N-dealkylation sites (N-methyl/N-ethyl adjacent to an activating group) is 1. The van der Waals surface area contributed by atoms with E-state index in [1.165, 1.54) is 24.5 Å². The van der Waals surface area contributed by atoms with E-state index in [4.69, 9.17) is 5.73 Å². The molecule has 1 saturated heterocycles. The Bertz CT molecular complexity index is 155. The van der Waals surface area contributed by atoms with Crippen molar-refractivity contribution < 1.29 is 0 Å². The Morgan fingerprint density at radius 3 is 2.64 bits per heavy atom. The molecule has 1 fully saturated rings. The number of rotatable bonds is 5. The zero-order chi connectivity index (χ0) is 10.6. The molecule has 84 valence electrons. The van der Waals surface area contributed by atoms with Crippen LogP contribution < -0.4 is 5.73 Å². The van der Waals surface area contributed by atoms with Crippen molar-refractivity contribution in [2.24, 2.45) is 17.6 Å². The van der Waals surface area contributed by atoms with E-state index >= 15 is 0 Å². The predicted molar refractivity (Wildman–Crippen MR) is 65.7 cm³/mol. The Morgan fingerprint density at radius 2 is 2.21 bits per heavy atom. The Kier molecular flexibility index (Phi) is 5.28. The summed E-state index contributed by atoms with van der Waals surface area (Å²) in [6, 6.07) is 0.604. The second-order valence-corrected chi connectivity index (χ2v) is 5.91. The van der Waals surface area contributed by atoms with Crippen LogP contribution in [0.1, 0.15) is 20.3 Å². The molecule has 2 N–H and O–H groups in total. The minimum absolute atomic E-state index is 0.604. The van der Waals surface area contributed by atoms with Crippen molar-refractivity contribution in [2.45, 2.75) is 26.3 Å². The van der Waals surface area contributed by atoms with Gasteiger partial charge in [0.2, 0.25) is 0 Å². The van der Waals surface area contributed by atoms with E-state index in [0.29, 0.717) is 6.04 Å². The van der Waals surface area contributed by atoms with Gasteiger partial charge >= 0.3 is 0 Å². The first-order chi connectivity index (χ1) is 6.65. The average Bonchev–Trinajstić information content (AvgIpc) is 2.57. The SMILES string of the molecule is CC(C)CN(C)C(CN)C1CCSC1. The molecule has 2 atom stereocenters. The first-order valence-electron chi connectivity index (χ1n) is 5.63. The molecule has 0 aromatic rings. The molecular weight excluding hydrogens is 192 g/mol. The van der Waals surface area contributed by atoms with E-state index in [1.54, 1.807) is 0 Å². The Balaban J connectivity index is 2.42. The van der Waals surface area contributed by atoms with Crippen LogP contribution in [0.15, 0.2) is 0 Å². The molecule has 0 spiro atoms. The summed E-state index contributed by atoms with van der Waals surface area (Å²) >= 11 is 2.08. The van der Waals surface area contributed by atoms with Crippen molar-refractivity contribution in [1.82, 2.24) is 4.90 Å². The number of hydrogen-bond acceptors (Lipinski definition) is 3.